The summed E-state index contributed by atoms with van der Waals surface area (Å²) in [7, 11) is 0. The maximum atomic E-state index is 5.20. The number of nitrogens with zero attached hydrogens (tertiary/aromatic N) is 1. The topological polar surface area (TPSA) is 12.5 Å². The lowest BCUT2D eigenvalue weighted by Gasteiger charge is -2.25. The molecule has 0 aliphatic carbocycles. The third-order valence-corrected chi connectivity index (χ3v) is 2.85. The Kier molecular flexibility index (Phi) is 12.9. The Labute approximate surface area is 102 Å². The zero-order chi connectivity index (χ0) is 12.1. The summed E-state index contributed by atoms with van der Waals surface area (Å²) < 4.78 is 5.20. The maximum absolute atomic E-state index is 5.20. The first-order chi connectivity index (χ1) is 7.85. The van der Waals surface area contributed by atoms with Gasteiger partial charge in [-0.2, -0.15) is 0 Å². The van der Waals surface area contributed by atoms with Crippen molar-refractivity contribution in [1.29, 1.82) is 0 Å². The lowest BCUT2D eigenvalue weighted by atomic mass is 10.2. The van der Waals surface area contributed by atoms with E-state index in [0.29, 0.717) is 0 Å². The average Bonchev–Trinajstić information content (AvgIpc) is 2.32. The van der Waals surface area contributed by atoms with Gasteiger partial charge >= 0.3 is 0 Å². The highest BCUT2D eigenvalue weighted by molar-refractivity contribution is 4.59. The summed E-state index contributed by atoms with van der Waals surface area (Å²) in [6.45, 7) is 12.1. The first kappa shape index (κ1) is 15.9. The lowest BCUT2D eigenvalue weighted by Crippen LogP contribution is -2.36. The smallest absolute Gasteiger partial charge is 0.0594 e. The van der Waals surface area contributed by atoms with Gasteiger partial charge in [-0.25, -0.2) is 0 Å². The quantitative estimate of drug-likeness (QED) is 0.644. The molecule has 16 heavy (non-hydrogen) atoms. The van der Waals surface area contributed by atoms with Gasteiger partial charge < -0.3 is 4.74 Å². The van der Waals surface area contributed by atoms with Crippen LogP contribution in [0, 0.1) is 0 Å². The minimum atomic E-state index is 0.931. The minimum Gasteiger partial charge on any atom is -0.379 e. The Morgan fingerprint density at radius 3 is 1.81 bits per heavy atom. The summed E-state index contributed by atoms with van der Waals surface area (Å²) in [4.78, 5) is 2.45. The summed E-state index contributed by atoms with van der Waals surface area (Å²) in [5.74, 6) is 0. The molecule has 0 saturated carbocycles. The fourth-order valence-electron chi connectivity index (χ4n) is 1.82. The molecule has 1 aliphatic rings. The number of hydrogen-bond acceptors (Lipinski definition) is 2. The van der Waals surface area contributed by atoms with Gasteiger partial charge in [-0.1, -0.05) is 52.9 Å². The van der Waals surface area contributed by atoms with Gasteiger partial charge in [0.05, 0.1) is 13.2 Å². The van der Waals surface area contributed by atoms with E-state index in [0.717, 1.165) is 26.3 Å². The van der Waals surface area contributed by atoms with Gasteiger partial charge in [0.2, 0.25) is 0 Å². The molecule has 0 spiro atoms. The Hall–Kier alpha value is -0.0800. The molecule has 2 heteroatoms. The van der Waals surface area contributed by atoms with E-state index in [2.05, 4.69) is 25.7 Å². The molecule has 1 saturated heterocycles. The average molecular weight is 229 g/mol. The predicted molar refractivity (Wildman–Crippen MR) is 72.0 cm³/mol. The molecular formula is C14H31NO. The van der Waals surface area contributed by atoms with Gasteiger partial charge in [-0.3, -0.25) is 4.90 Å². The summed E-state index contributed by atoms with van der Waals surface area (Å²) in [6.07, 6.45) is 8.27. The molecule has 0 atom stereocenters. The molecule has 0 amide bonds. The van der Waals surface area contributed by atoms with Crippen molar-refractivity contribution in [2.75, 3.05) is 32.8 Å². The molecule has 1 fully saturated rings. The van der Waals surface area contributed by atoms with Crippen LogP contribution in [-0.2, 0) is 4.74 Å². The molecule has 0 aromatic heterocycles. The predicted octanol–water partition coefficient (Wildman–Crippen LogP) is 3.71. The summed E-state index contributed by atoms with van der Waals surface area (Å²) in [5, 5.41) is 0. The number of morpholine rings is 1. The van der Waals surface area contributed by atoms with Crippen LogP contribution in [0.4, 0.5) is 0 Å². The van der Waals surface area contributed by atoms with Crippen molar-refractivity contribution in [2.45, 2.75) is 59.3 Å². The van der Waals surface area contributed by atoms with Crippen LogP contribution >= 0.6 is 0 Å². The van der Waals surface area contributed by atoms with Crippen molar-refractivity contribution in [2.24, 2.45) is 0 Å². The molecule has 1 heterocycles. The van der Waals surface area contributed by atoms with Gasteiger partial charge in [0, 0.05) is 13.1 Å². The number of ether oxygens (including phenoxy) is 1. The molecule has 98 valence electrons. The summed E-state index contributed by atoms with van der Waals surface area (Å²) in [5.41, 5.74) is 0. The summed E-state index contributed by atoms with van der Waals surface area (Å²) >= 11 is 0. The number of hydrogen-bond donors (Lipinski definition) is 0. The largest absolute Gasteiger partial charge is 0.379 e. The van der Waals surface area contributed by atoms with Crippen molar-refractivity contribution in [3.63, 3.8) is 0 Å². The van der Waals surface area contributed by atoms with E-state index in [9.17, 15) is 0 Å². The standard InChI is InChI=1S/C7H15NO.C7H16/c1-2-3-8-4-6-9-7-5-8;1-3-5-7-6-4-2/h2-7H2,1H3;3-7H2,1-2H3. The van der Waals surface area contributed by atoms with Crippen molar-refractivity contribution < 1.29 is 4.74 Å². The van der Waals surface area contributed by atoms with Gasteiger partial charge in [0.1, 0.15) is 0 Å². The van der Waals surface area contributed by atoms with Crippen LogP contribution in [0.1, 0.15) is 59.3 Å². The van der Waals surface area contributed by atoms with Crippen molar-refractivity contribution >= 4 is 0 Å². The Morgan fingerprint density at radius 1 is 0.812 bits per heavy atom. The van der Waals surface area contributed by atoms with Gasteiger partial charge in [-0.15, -0.1) is 0 Å². The van der Waals surface area contributed by atoms with Crippen LogP contribution < -0.4 is 0 Å². The normalized spacial score (nSPS) is 16.7. The first-order valence-corrected chi connectivity index (χ1v) is 7.15. The molecular weight excluding hydrogens is 198 g/mol. The Balaban J connectivity index is 0.000000293. The van der Waals surface area contributed by atoms with Crippen LogP contribution in [-0.4, -0.2) is 37.7 Å². The second-order valence-corrected chi connectivity index (χ2v) is 4.51. The van der Waals surface area contributed by atoms with Crippen molar-refractivity contribution in [1.82, 2.24) is 4.90 Å². The van der Waals surface area contributed by atoms with Gasteiger partial charge in [-0.05, 0) is 13.0 Å². The molecule has 1 rings (SSSR count). The Bertz CT molecular complexity index is 115. The molecule has 0 aromatic rings. The number of rotatable bonds is 6. The lowest BCUT2D eigenvalue weighted by molar-refractivity contribution is 0.0380. The second kappa shape index (κ2) is 13.0. The van der Waals surface area contributed by atoms with Crippen LogP contribution in [0.15, 0.2) is 0 Å². The highest BCUT2D eigenvalue weighted by atomic mass is 16.5. The highest BCUT2D eigenvalue weighted by Crippen LogP contribution is 2.00. The van der Waals surface area contributed by atoms with Gasteiger partial charge in [0.25, 0.3) is 0 Å². The third kappa shape index (κ3) is 10.4. The molecule has 1 aliphatic heterocycles. The molecule has 0 radical (unpaired) electrons. The van der Waals surface area contributed by atoms with E-state index in [1.165, 1.54) is 45.1 Å². The molecule has 2 nitrogen and oxygen atoms in total. The van der Waals surface area contributed by atoms with Crippen molar-refractivity contribution in [3.05, 3.63) is 0 Å². The molecule has 0 unspecified atom stereocenters. The van der Waals surface area contributed by atoms with Crippen molar-refractivity contribution in [3.8, 4) is 0 Å². The highest BCUT2D eigenvalue weighted by Gasteiger charge is 2.07. The monoisotopic (exact) mass is 229 g/mol. The maximum Gasteiger partial charge on any atom is 0.0594 e. The third-order valence-electron chi connectivity index (χ3n) is 2.85. The van der Waals surface area contributed by atoms with E-state index in [-0.39, 0.29) is 0 Å². The van der Waals surface area contributed by atoms with E-state index in [1.807, 2.05) is 0 Å². The zero-order valence-corrected chi connectivity index (χ0v) is 11.6. The first-order valence-electron chi connectivity index (χ1n) is 7.15. The molecule has 0 aromatic carbocycles. The zero-order valence-electron chi connectivity index (χ0n) is 11.6. The summed E-state index contributed by atoms with van der Waals surface area (Å²) in [6, 6.07) is 0. The minimum absolute atomic E-state index is 0.931. The fourth-order valence-corrected chi connectivity index (χ4v) is 1.82. The van der Waals surface area contributed by atoms with E-state index < -0.39 is 0 Å². The van der Waals surface area contributed by atoms with Crippen LogP contribution in [0.25, 0.3) is 0 Å². The van der Waals surface area contributed by atoms with Gasteiger partial charge in [0.15, 0.2) is 0 Å². The second-order valence-electron chi connectivity index (χ2n) is 4.51. The fraction of sp³-hybridized carbons (Fsp3) is 1.00. The van der Waals surface area contributed by atoms with E-state index in [4.69, 9.17) is 4.74 Å². The van der Waals surface area contributed by atoms with E-state index in [1.54, 1.807) is 0 Å². The Morgan fingerprint density at radius 2 is 1.38 bits per heavy atom. The molecule has 0 N–H and O–H groups in total. The van der Waals surface area contributed by atoms with Crippen LogP contribution in [0.5, 0.6) is 0 Å². The SMILES string of the molecule is CCCCCCC.CCCN1CCOCC1. The molecule has 0 bridgehead atoms. The van der Waals surface area contributed by atoms with E-state index >= 15 is 0 Å². The van der Waals surface area contributed by atoms with Crippen LogP contribution in [0.3, 0.4) is 0 Å². The number of unbranched alkanes of at least 4 members (excludes halogenated alkanes) is 4. The van der Waals surface area contributed by atoms with Crippen LogP contribution in [0.2, 0.25) is 0 Å².